The van der Waals surface area contributed by atoms with Gasteiger partial charge in [-0.1, -0.05) is 33.1 Å². The molecule has 0 aromatic heterocycles. The van der Waals surface area contributed by atoms with E-state index in [1.54, 1.807) is 0 Å². The van der Waals surface area contributed by atoms with Crippen molar-refractivity contribution >= 4 is 5.78 Å². The average molecular weight is 274 g/mol. The zero-order valence-corrected chi connectivity index (χ0v) is 13.3. The molecule has 0 amide bonds. The number of ketones is 1. The SMILES string of the molecule is C[C@@]12CCC[C@H]1[C@@H]1CC(=O)[C@@H]3CCCC[C@]3(C)[C@H]1CC2. The summed E-state index contributed by atoms with van der Waals surface area (Å²) in [6.07, 6.45) is 13.2. The molecule has 0 radical (unpaired) electrons. The van der Waals surface area contributed by atoms with Crippen LogP contribution in [-0.4, -0.2) is 5.78 Å². The van der Waals surface area contributed by atoms with Gasteiger partial charge in [0.1, 0.15) is 5.78 Å². The topological polar surface area (TPSA) is 17.1 Å². The Morgan fingerprint density at radius 2 is 1.75 bits per heavy atom. The van der Waals surface area contributed by atoms with Crippen molar-refractivity contribution < 1.29 is 4.79 Å². The van der Waals surface area contributed by atoms with E-state index in [-0.39, 0.29) is 0 Å². The number of hydrogen-bond acceptors (Lipinski definition) is 1. The molecule has 1 nitrogen and oxygen atoms in total. The van der Waals surface area contributed by atoms with E-state index in [1.807, 2.05) is 0 Å². The van der Waals surface area contributed by atoms with E-state index in [4.69, 9.17) is 0 Å². The van der Waals surface area contributed by atoms with E-state index in [1.165, 1.54) is 57.8 Å². The van der Waals surface area contributed by atoms with Crippen molar-refractivity contribution in [2.75, 3.05) is 0 Å². The molecule has 0 N–H and O–H groups in total. The van der Waals surface area contributed by atoms with Crippen LogP contribution in [0.25, 0.3) is 0 Å². The Morgan fingerprint density at radius 3 is 2.60 bits per heavy atom. The quantitative estimate of drug-likeness (QED) is 0.608. The van der Waals surface area contributed by atoms with E-state index in [0.29, 0.717) is 22.5 Å². The standard InChI is InChI=1S/C19H30O/c1-18-9-5-7-14(18)13-12-17(20)16-6-3-4-10-19(16,2)15(13)8-11-18/h13-16H,3-12H2,1-2H3/t13-,14-,15-,16-,18-,19+/m0/s1. The third-order valence-corrected chi connectivity index (χ3v) is 8.15. The number of carbonyl (C=O) groups excluding carboxylic acids is 1. The maximum absolute atomic E-state index is 12.8. The number of rotatable bonds is 0. The van der Waals surface area contributed by atoms with Gasteiger partial charge in [0.25, 0.3) is 0 Å². The summed E-state index contributed by atoms with van der Waals surface area (Å²) in [5.74, 6) is 3.53. The minimum Gasteiger partial charge on any atom is -0.299 e. The molecule has 4 fully saturated rings. The molecule has 0 aromatic rings. The highest BCUT2D eigenvalue weighted by Crippen LogP contribution is 2.65. The zero-order chi connectivity index (χ0) is 14.0. The van der Waals surface area contributed by atoms with Crippen molar-refractivity contribution in [1.29, 1.82) is 0 Å². The predicted octanol–water partition coefficient (Wildman–Crippen LogP) is 4.99. The van der Waals surface area contributed by atoms with Crippen molar-refractivity contribution in [2.24, 2.45) is 34.5 Å². The molecule has 112 valence electrons. The number of carbonyl (C=O) groups is 1. The Bertz CT molecular complexity index is 427. The van der Waals surface area contributed by atoms with Crippen LogP contribution in [0.15, 0.2) is 0 Å². The maximum atomic E-state index is 12.8. The van der Waals surface area contributed by atoms with Gasteiger partial charge in [0.15, 0.2) is 0 Å². The Morgan fingerprint density at radius 1 is 0.900 bits per heavy atom. The first-order valence-corrected chi connectivity index (χ1v) is 9.07. The summed E-state index contributed by atoms with van der Waals surface area (Å²) in [4.78, 5) is 12.8. The first-order valence-electron chi connectivity index (χ1n) is 9.07. The molecular formula is C19H30O. The molecule has 0 spiro atoms. The first-order chi connectivity index (χ1) is 9.55. The Labute approximate surface area is 123 Å². The molecule has 0 bridgehead atoms. The average Bonchev–Trinajstić information content (AvgIpc) is 2.81. The third kappa shape index (κ3) is 1.64. The smallest absolute Gasteiger partial charge is 0.136 e. The minimum atomic E-state index is 0.363. The second-order valence-electron chi connectivity index (χ2n) is 8.94. The molecule has 0 unspecified atom stereocenters. The zero-order valence-electron chi connectivity index (χ0n) is 13.3. The summed E-state index contributed by atoms with van der Waals surface area (Å²) in [5, 5.41) is 0. The van der Waals surface area contributed by atoms with Gasteiger partial charge in [0.05, 0.1) is 0 Å². The van der Waals surface area contributed by atoms with Gasteiger partial charge in [-0.05, 0) is 67.1 Å². The molecule has 4 saturated carbocycles. The van der Waals surface area contributed by atoms with Crippen LogP contribution in [0.3, 0.4) is 0 Å². The molecule has 20 heavy (non-hydrogen) atoms. The molecule has 0 aromatic carbocycles. The highest BCUT2D eigenvalue weighted by atomic mass is 16.1. The molecule has 0 aliphatic heterocycles. The van der Waals surface area contributed by atoms with E-state index < -0.39 is 0 Å². The van der Waals surface area contributed by atoms with Gasteiger partial charge < -0.3 is 0 Å². The van der Waals surface area contributed by atoms with Crippen LogP contribution < -0.4 is 0 Å². The molecule has 4 rings (SSSR count). The second kappa shape index (κ2) is 4.34. The van der Waals surface area contributed by atoms with E-state index in [0.717, 1.165) is 24.2 Å². The largest absolute Gasteiger partial charge is 0.299 e. The minimum absolute atomic E-state index is 0.363. The Kier molecular flexibility index (Phi) is 2.89. The van der Waals surface area contributed by atoms with Crippen LogP contribution in [0.5, 0.6) is 0 Å². The molecule has 4 aliphatic rings. The van der Waals surface area contributed by atoms with Gasteiger partial charge in [-0.25, -0.2) is 0 Å². The molecule has 1 heteroatoms. The summed E-state index contributed by atoms with van der Waals surface area (Å²) < 4.78 is 0. The van der Waals surface area contributed by atoms with Gasteiger partial charge in [-0.3, -0.25) is 4.79 Å². The summed E-state index contributed by atoms with van der Waals surface area (Å²) in [6, 6.07) is 0. The summed E-state index contributed by atoms with van der Waals surface area (Å²) in [7, 11) is 0. The third-order valence-electron chi connectivity index (χ3n) is 8.15. The summed E-state index contributed by atoms with van der Waals surface area (Å²) >= 11 is 0. The lowest BCUT2D eigenvalue weighted by Crippen LogP contribution is -2.55. The van der Waals surface area contributed by atoms with E-state index >= 15 is 0 Å². The second-order valence-corrected chi connectivity index (χ2v) is 8.94. The lowest BCUT2D eigenvalue weighted by molar-refractivity contribution is -0.152. The van der Waals surface area contributed by atoms with Crippen LogP contribution in [0, 0.1) is 34.5 Å². The van der Waals surface area contributed by atoms with Crippen LogP contribution in [-0.2, 0) is 4.79 Å². The van der Waals surface area contributed by atoms with E-state index in [9.17, 15) is 4.79 Å². The monoisotopic (exact) mass is 274 g/mol. The van der Waals surface area contributed by atoms with Gasteiger partial charge in [-0.2, -0.15) is 0 Å². The van der Waals surface area contributed by atoms with E-state index in [2.05, 4.69) is 13.8 Å². The molecule has 0 saturated heterocycles. The van der Waals surface area contributed by atoms with Crippen LogP contribution >= 0.6 is 0 Å². The molecule has 0 heterocycles. The molecular weight excluding hydrogens is 244 g/mol. The fraction of sp³-hybridized carbons (Fsp3) is 0.947. The Hall–Kier alpha value is -0.330. The number of Topliss-reactive ketones (excluding diaryl/α,β-unsaturated/α-hetero) is 1. The van der Waals surface area contributed by atoms with Gasteiger partial charge in [-0.15, -0.1) is 0 Å². The van der Waals surface area contributed by atoms with Crippen molar-refractivity contribution in [3.63, 3.8) is 0 Å². The number of fused-ring (bicyclic) bond motifs is 5. The predicted molar refractivity (Wildman–Crippen MR) is 81.4 cm³/mol. The normalized spacial score (nSPS) is 55.0. The van der Waals surface area contributed by atoms with Crippen molar-refractivity contribution in [1.82, 2.24) is 0 Å². The lowest BCUT2D eigenvalue weighted by atomic mass is 9.45. The van der Waals surface area contributed by atoms with Gasteiger partial charge in [0.2, 0.25) is 0 Å². The maximum Gasteiger partial charge on any atom is 0.136 e. The summed E-state index contributed by atoms with van der Waals surface area (Å²) in [5.41, 5.74) is 0.946. The van der Waals surface area contributed by atoms with Crippen LogP contribution in [0.2, 0.25) is 0 Å². The molecule has 6 atom stereocenters. The first kappa shape index (κ1) is 13.3. The number of hydrogen-bond donors (Lipinski definition) is 0. The summed E-state index contributed by atoms with van der Waals surface area (Å²) in [6.45, 7) is 5.02. The highest BCUT2D eigenvalue weighted by molar-refractivity contribution is 5.83. The van der Waals surface area contributed by atoms with Crippen molar-refractivity contribution in [2.45, 2.75) is 78.1 Å². The fourth-order valence-electron chi connectivity index (χ4n) is 7.09. The van der Waals surface area contributed by atoms with Crippen LogP contribution in [0.1, 0.15) is 78.1 Å². The van der Waals surface area contributed by atoms with Crippen molar-refractivity contribution in [3.8, 4) is 0 Å². The van der Waals surface area contributed by atoms with Gasteiger partial charge in [0, 0.05) is 12.3 Å². The van der Waals surface area contributed by atoms with Crippen LogP contribution in [0.4, 0.5) is 0 Å². The lowest BCUT2D eigenvalue weighted by Gasteiger charge is -2.59. The Balaban J connectivity index is 1.70. The fourth-order valence-corrected chi connectivity index (χ4v) is 7.09. The van der Waals surface area contributed by atoms with Gasteiger partial charge >= 0.3 is 0 Å². The molecule has 4 aliphatic carbocycles. The highest BCUT2D eigenvalue weighted by Gasteiger charge is 2.59. The van der Waals surface area contributed by atoms with Crippen molar-refractivity contribution in [3.05, 3.63) is 0 Å².